The van der Waals surface area contributed by atoms with Crippen LogP contribution in [0.5, 0.6) is 11.5 Å². The minimum absolute atomic E-state index is 0.102. The molecule has 1 aromatic rings. The molecule has 15 heavy (non-hydrogen) atoms. The van der Waals surface area contributed by atoms with E-state index in [1.165, 1.54) is 0 Å². The van der Waals surface area contributed by atoms with Gasteiger partial charge >= 0.3 is 0 Å². The highest BCUT2D eigenvalue weighted by Crippen LogP contribution is 2.33. The fourth-order valence-electron chi connectivity index (χ4n) is 1.33. The van der Waals surface area contributed by atoms with Gasteiger partial charge in [0.15, 0.2) is 0 Å². The highest BCUT2D eigenvalue weighted by atomic mass is 79.9. The summed E-state index contributed by atoms with van der Waals surface area (Å²) in [7, 11) is 3.16. The number of methoxy groups -OCH3 is 2. The number of rotatable bonds is 4. The Labute approximate surface area is 97.5 Å². The molecule has 0 N–H and O–H groups in total. The average Bonchev–Trinajstić information content (AvgIpc) is 2.17. The maximum absolute atomic E-state index is 11.0. The molecule has 0 spiro atoms. The van der Waals surface area contributed by atoms with Crippen molar-refractivity contribution in [1.29, 1.82) is 0 Å². The molecule has 1 aromatic carbocycles. The second-order valence-corrected chi connectivity index (χ2v) is 4.03. The van der Waals surface area contributed by atoms with E-state index >= 15 is 0 Å². The standard InChI is InChI=1S/C11H13BrO3/c1-7(13)4-8-5-9(12)11(15-3)6-10(8)14-2/h5-6H,4H2,1-3H3. The van der Waals surface area contributed by atoms with Crippen LogP contribution >= 0.6 is 15.9 Å². The second kappa shape index (κ2) is 5.16. The predicted molar refractivity (Wildman–Crippen MR) is 61.6 cm³/mol. The third-order valence-corrected chi connectivity index (χ3v) is 2.61. The highest BCUT2D eigenvalue weighted by molar-refractivity contribution is 9.10. The fourth-order valence-corrected chi connectivity index (χ4v) is 1.88. The third-order valence-electron chi connectivity index (χ3n) is 1.99. The summed E-state index contributed by atoms with van der Waals surface area (Å²) in [5, 5.41) is 0. The normalized spacial score (nSPS) is 9.87. The molecule has 0 aliphatic rings. The number of carbonyl (C=O) groups excluding carboxylic acids is 1. The van der Waals surface area contributed by atoms with Crippen LogP contribution in [0.3, 0.4) is 0 Å². The average molecular weight is 273 g/mol. The first-order valence-corrected chi connectivity index (χ1v) is 5.27. The molecule has 3 nitrogen and oxygen atoms in total. The van der Waals surface area contributed by atoms with Crippen molar-refractivity contribution in [1.82, 2.24) is 0 Å². The maximum atomic E-state index is 11.0. The number of Topliss-reactive ketones (excluding diaryl/α,β-unsaturated/α-hetero) is 1. The van der Waals surface area contributed by atoms with E-state index in [-0.39, 0.29) is 5.78 Å². The first kappa shape index (κ1) is 12.0. The van der Waals surface area contributed by atoms with Gasteiger partial charge in [0.2, 0.25) is 0 Å². The zero-order valence-corrected chi connectivity index (χ0v) is 10.6. The largest absolute Gasteiger partial charge is 0.496 e. The van der Waals surface area contributed by atoms with Crippen molar-refractivity contribution in [2.24, 2.45) is 0 Å². The van der Waals surface area contributed by atoms with Crippen LogP contribution in [0.1, 0.15) is 12.5 Å². The summed E-state index contributed by atoms with van der Waals surface area (Å²) in [6, 6.07) is 3.61. The van der Waals surface area contributed by atoms with Crippen molar-refractivity contribution in [3.05, 3.63) is 22.2 Å². The van der Waals surface area contributed by atoms with Crippen LogP contribution in [0.25, 0.3) is 0 Å². The van der Waals surface area contributed by atoms with E-state index in [2.05, 4.69) is 15.9 Å². The van der Waals surface area contributed by atoms with Crippen LogP contribution in [0, 0.1) is 0 Å². The zero-order valence-electron chi connectivity index (χ0n) is 8.96. The van der Waals surface area contributed by atoms with Crippen LogP contribution in [-0.4, -0.2) is 20.0 Å². The smallest absolute Gasteiger partial charge is 0.136 e. The molecule has 0 radical (unpaired) electrons. The Balaban J connectivity index is 3.15. The molecule has 4 heteroatoms. The van der Waals surface area contributed by atoms with Gasteiger partial charge in [0.05, 0.1) is 18.7 Å². The molecule has 0 aliphatic carbocycles. The number of ketones is 1. The lowest BCUT2D eigenvalue weighted by Crippen LogP contribution is -2.00. The lowest BCUT2D eigenvalue weighted by atomic mass is 10.1. The van der Waals surface area contributed by atoms with E-state index in [9.17, 15) is 4.79 Å². The van der Waals surface area contributed by atoms with Crippen molar-refractivity contribution in [3.8, 4) is 11.5 Å². The van der Waals surface area contributed by atoms with Gasteiger partial charge < -0.3 is 9.47 Å². The summed E-state index contributed by atoms with van der Waals surface area (Å²) < 4.78 is 11.1. The van der Waals surface area contributed by atoms with Crippen molar-refractivity contribution in [3.63, 3.8) is 0 Å². The van der Waals surface area contributed by atoms with Gasteiger partial charge in [-0.25, -0.2) is 0 Å². The Hall–Kier alpha value is -1.03. The Morgan fingerprint density at radius 2 is 1.87 bits per heavy atom. The summed E-state index contributed by atoms with van der Waals surface area (Å²) in [6.07, 6.45) is 0.367. The lowest BCUT2D eigenvalue weighted by Gasteiger charge is -2.11. The van der Waals surface area contributed by atoms with E-state index in [0.29, 0.717) is 17.9 Å². The Kier molecular flexibility index (Phi) is 4.15. The molecule has 0 heterocycles. The minimum Gasteiger partial charge on any atom is -0.496 e. The van der Waals surface area contributed by atoms with Crippen molar-refractivity contribution in [2.45, 2.75) is 13.3 Å². The fraction of sp³-hybridized carbons (Fsp3) is 0.364. The summed E-state index contributed by atoms with van der Waals surface area (Å²) in [6.45, 7) is 1.55. The van der Waals surface area contributed by atoms with Crippen molar-refractivity contribution >= 4 is 21.7 Å². The van der Waals surface area contributed by atoms with Gasteiger partial charge in [-0.15, -0.1) is 0 Å². The van der Waals surface area contributed by atoms with Crippen LogP contribution < -0.4 is 9.47 Å². The molecule has 82 valence electrons. The Morgan fingerprint density at radius 3 is 2.33 bits per heavy atom. The number of hydrogen-bond donors (Lipinski definition) is 0. The van der Waals surface area contributed by atoms with Crippen molar-refractivity contribution < 1.29 is 14.3 Å². The molecular formula is C11H13BrO3. The Bertz CT molecular complexity index is 374. The quantitative estimate of drug-likeness (QED) is 0.845. The SMILES string of the molecule is COc1cc(OC)c(CC(C)=O)cc1Br. The minimum atomic E-state index is 0.102. The van der Waals surface area contributed by atoms with E-state index in [1.807, 2.05) is 6.07 Å². The van der Waals surface area contributed by atoms with E-state index in [4.69, 9.17) is 9.47 Å². The van der Waals surface area contributed by atoms with Crippen LogP contribution in [0.4, 0.5) is 0 Å². The van der Waals surface area contributed by atoms with Gasteiger partial charge in [0, 0.05) is 18.1 Å². The van der Waals surface area contributed by atoms with Gasteiger partial charge in [0.1, 0.15) is 17.3 Å². The number of ether oxygens (including phenoxy) is 2. The summed E-state index contributed by atoms with van der Waals surface area (Å²) >= 11 is 3.37. The summed E-state index contributed by atoms with van der Waals surface area (Å²) in [5.41, 5.74) is 0.859. The third kappa shape index (κ3) is 2.96. The van der Waals surface area contributed by atoms with E-state index < -0.39 is 0 Å². The zero-order chi connectivity index (χ0) is 11.4. The molecule has 0 bridgehead atoms. The molecule has 0 saturated heterocycles. The molecule has 0 unspecified atom stereocenters. The number of halogens is 1. The molecule has 0 aliphatic heterocycles. The van der Waals surface area contributed by atoms with Crippen LogP contribution in [0.15, 0.2) is 16.6 Å². The van der Waals surface area contributed by atoms with Gasteiger partial charge in [-0.3, -0.25) is 4.79 Å². The molecule has 0 amide bonds. The number of carbonyl (C=O) groups is 1. The lowest BCUT2D eigenvalue weighted by molar-refractivity contribution is -0.116. The van der Waals surface area contributed by atoms with E-state index in [1.54, 1.807) is 27.2 Å². The molecule has 0 fully saturated rings. The van der Waals surface area contributed by atoms with Crippen LogP contribution in [-0.2, 0) is 11.2 Å². The van der Waals surface area contributed by atoms with Gasteiger partial charge in [0.25, 0.3) is 0 Å². The second-order valence-electron chi connectivity index (χ2n) is 3.18. The molecule has 0 saturated carbocycles. The highest BCUT2D eigenvalue weighted by Gasteiger charge is 2.10. The molecule has 1 rings (SSSR count). The van der Waals surface area contributed by atoms with Gasteiger partial charge in [-0.05, 0) is 28.9 Å². The first-order chi connectivity index (χ1) is 7.08. The first-order valence-electron chi connectivity index (χ1n) is 4.48. The maximum Gasteiger partial charge on any atom is 0.136 e. The van der Waals surface area contributed by atoms with Gasteiger partial charge in [-0.2, -0.15) is 0 Å². The molecule has 0 aromatic heterocycles. The number of benzene rings is 1. The monoisotopic (exact) mass is 272 g/mol. The topological polar surface area (TPSA) is 35.5 Å². The van der Waals surface area contributed by atoms with Gasteiger partial charge in [-0.1, -0.05) is 0 Å². The van der Waals surface area contributed by atoms with Crippen molar-refractivity contribution in [2.75, 3.05) is 14.2 Å². The summed E-state index contributed by atoms with van der Waals surface area (Å²) in [5.74, 6) is 1.47. The van der Waals surface area contributed by atoms with E-state index in [0.717, 1.165) is 10.0 Å². The summed E-state index contributed by atoms with van der Waals surface area (Å²) in [4.78, 5) is 11.0. The van der Waals surface area contributed by atoms with Crippen LogP contribution in [0.2, 0.25) is 0 Å². The Morgan fingerprint density at radius 1 is 1.27 bits per heavy atom. The molecule has 0 atom stereocenters. The number of hydrogen-bond acceptors (Lipinski definition) is 3. The molecular weight excluding hydrogens is 260 g/mol. The predicted octanol–water partition coefficient (Wildman–Crippen LogP) is 2.60.